The largest absolute Gasteiger partial charge is 0.496 e. The molecule has 3 nitrogen and oxygen atoms in total. The number of aromatic nitrogens is 1. The molecule has 2 aliphatic carbocycles. The van der Waals surface area contributed by atoms with E-state index in [1.165, 1.54) is 30.5 Å². The molecule has 0 radical (unpaired) electrons. The third-order valence-corrected chi connectivity index (χ3v) is 5.50. The van der Waals surface area contributed by atoms with Crippen molar-refractivity contribution >= 4 is 0 Å². The fourth-order valence-corrected chi connectivity index (χ4v) is 4.35. The Morgan fingerprint density at radius 1 is 1.33 bits per heavy atom. The van der Waals surface area contributed by atoms with Crippen LogP contribution in [0.25, 0.3) is 0 Å². The molecule has 2 saturated carbocycles. The average molecular weight is 288 g/mol. The Kier molecular flexibility index (Phi) is 3.96. The standard InChI is InChI=1S/C18H28N2O/c1-5-19-11-18(7-14-6-15(14)8-18)9-16-13(3)17(21-4)12(2)10-20-16/h10,14-15,19H,5-9,11H2,1-4H3. The van der Waals surface area contributed by atoms with Crippen molar-refractivity contribution in [2.75, 3.05) is 20.2 Å². The summed E-state index contributed by atoms with van der Waals surface area (Å²) >= 11 is 0. The number of methoxy groups -OCH3 is 1. The molecule has 0 aliphatic heterocycles. The van der Waals surface area contributed by atoms with Gasteiger partial charge in [-0.15, -0.1) is 0 Å². The number of nitrogens with zero attached hydrogens (tertiary/aromatic N) is 1. The zero-order valence-corrected chi connectivity index (χ0v) is 13.8. The molecule has 2 unspecified atom stereocenters. The molecule has 2 atom stereocenters. The van der Waals surface area contributed by atoms with E-state index in [0.717, 1.165) is 42.7 Å². The van der Waals surface area contributed by atoms with Crippen LogP contribution >= 0.6 is 0 Å². The van der Waals surface area contributed by atoms with Crippen LogP contribution in [-0.2, 0) is 6.42 Å². The van der Waals surface area contributed by atoms with Gasteiger partial charge in [-0.05, 0) is 63.3 Å². The summed E-state index contributed by atoms with van der Waals surface area (Å²) in [6, 6.07) is 0. The molecule has 3 rings (SSSR count). The third-order valence-electron chi connectivity index (χ3n) is 5.50. The van der Waals surface area contributed by atoms with Gasteiger partial charge >= 0.3 is 0 Å². The summed E-state index contributed by atoms with van der Waals surface area (Å²) in [5.74, 6) is 3.01. The van der Waals surface area contributed by atoms with E-state index in [9.17, 15) is 0 Å². The van der Waals surface area contributed by atoms with Crippen molar-refractivity contribution in [1.82, 2.24) is 10.3 Å². The Bertz CT molecular complexity index is 516. The number of pyridine rings is 1. The predicted octanol–water partition coefficient (Wildman–Crippen LogP) is 3.28. The predicted molar refractivity (Wildman–Crippen MR) is 85.8 cm³/mol. The molecular formula is C18H28N2O. The number of aryl methyl sites for hydroxylation is 1. The molecule has 0 spiro atoms. The third kappa shape index (κ3) is 2.80. The van der Waals surface area contributed by atoms with Crippen LogP contribution in [0.5, 0.6) is 5.75 Å². The van der Waals surface area contributed by atoms with Gasteiger partial charge in [-0.25, -0.2) is 0 Å². The number of hydrogen-bond donors (Lipinski definition) is 1. The zero-order valence-electron chi connectivity index (χ0n) is 13.8. The van der Waals surface area contributed by atoms with E-state index in [2.05, 4.69) is 26.1 Å². The van der Waals surface area contributed by atoms with E-state index >= 15 is 0 Å². The summed E-state index contributed by atoms with van der Waals surface area (Å²) in [4.78, 5) is 4.74. The summed E-state index contributed by atoms with van der Waals surface area (Å²) in [5, 5.41) is 3.59. The fourth-order valence-electron chi connectivity index (χ4n) is 4.35. The lowest BCUT2D eigenvalue weighted by molar-refractivity contribution is 0.247. The molecule has 1 heterocycles. The topological polar surface area (TPSA) is 34.2 Å². The first kappa shape index (κ1) is 14.8. The fraction of sp³-hybridized carbons (Fsp3) is 0.722. The second-order valence-corrected chi connectivity index (χ2v) is 7.17. The Hall–Kier alpha value is -1.09. The molecular weight excluding hydrogens is 260 g/mol. The number of nitrogens with one attached hydrogen (secondary N) is 1. The molecule has 3 heteroatoms. The van der Waals surface area contributed by atoms with Gasteiger partial charge in [0, 0.05) is 29.6 Å². The van der Waals surface area contributed by atoms with E-state index < -0.39 is 0 Å². The van der Waals surface area contributed by atoms with Gasteiger partial charge in [0.05, 0.1) is 7.11 Å². The lowest BCUT2D eigenvalue weighted by atomic mass is 9.77. The molecule has 0 saturated heterocycles. The van der Waals surface area contributed by atoms with Gasteiger partial charge in [0.15, 0.2) is 0 Å². The lowest BCUT2D eigenvalue weighted by Crippen LogP contribution is -2.35. The maximum absolute atomic E-state index is 5.57. The highest BCUT2D eigenvalue weighted by molar-refractivity contribution is 5.41. The van der Waals surface area contributed by atoms with Gasteiger partial charge in [-0.3, -0.25) is 4.98 Å². The van der Waals surface area contributed by atoms with Gasteiger partial charge < -0.3 is 10.1 Å². The van der Waals surface area contributed by atoms with E-state index in [1.54, 1.807) is 7.11 Å². The summed E-state index contributed by atoms with van der Waals surface area (Å²) in [7, 11) is 1.76. The van der Waals surface area contributed by atoms with Crippen LogP contribution in [-0.4, -0.2) is 25.2 Å². The average Bonchev–Trinajstić information content (AvgIpc) is 3.09. The molecule has 1 aromatic rings. The van der Waals surface area contributed by atoms with Crippen LogP contribution in [0, 0.1) is 31.1 Å². The molecule has 1 aromatic heterocycles. The first-order valence-electron chi connectivity index (χ1n) is 8.28. The first-order valence-corrected chi connectivity index (χ1v) is 8.28. The van der Waals surface area contributed by atoms with Crippen LogP contribution in [0.4, 0.5) is 0 Å². The van der Waals surface area contributed by atoms with Crippen molar-refractivity contribution in [3.8, 4) is 5.75 Å². The molecule has 0 bridgehead atoms. The van der Waals surface area contributed by atoms with Crippen molar-refractivity contribution in [2.45, 2.75) is 46.5 Å². The number of hydrogen-bond acceptors (Lipinski definition) is 3. The quantitative estimate of drug-likeness (QED) is 0.872. The second kappa shape index (κ2) is 5.60. The van der Waals surface area contributed by atoms with Gasteiger partial charge in [0.2, 0.25) is 0 Å². The van der Waals surface area contributed by atoms with Gasteiger partial charge in [-0.2, -0.15) is 0 Å². The lowest BCUT2D eigenvalue weighted by Gasteiger charge is -2.32. The van der Waals surface area contributed by atoms with Crippen LogP contribution in [0.15, 0.2) is 6.20 Å². The Labute approximate surface area is 128 Å². The maximum Gasteiger partial charge on any atom is 0.128 e. The van der Waals surface area contributed by atoms with Crippen molar-refractivity contribution in [2.24, 2.45) is 17.3 Å². The van der Waals surface area contributed by atoms with Gasteiger partial charge in [-0.1, -0.05) is 6.92 Å². The van der Waals surface area contributed by atoms with E-state index in [-0.39, 0.29) is 0 Å². The molecule has 2 aliphatic rings. The van der Waals surface area contributed by atoms with Gasteiger partial charge in [0.1, 0.15) is 5.75 Å². The van der Waals surface area contributed by atoms with Crippen molar-refractivity contribution in [3.63, 3.8) is 0 Å². The summed E-state index contributed by atoms with van der Waals surface area (Å²) in [5.41, 5.74) is 4.01. The van der Waals surface area contributed by atoms with E-state index in [0.29, 0.717) is 5.41 Å². The highest BCUT2D eigenvalue weighted by Crippen LogP contribution is 2.60. The van der Waals surface area contributed by atoms with Crippen LogP contribution < -0.4 is 10.1 Å². The zero-order chi connectivity index (χ0) is 15.0. The minimum atomic E-state index is 0.418. The summed E-state index contributed by atoms with van der Waals surface area (Å²) in [6.45, 7) is 8.61. The molecule has 21 heavy (non-hydrogen) atoms. The van der Waals surface area contributed by atoms with Gasteiger partial charge in [0.25, 0.3) is 0 Å². The monoisotopic (exact) mass is 288 g/mol. The van der Waals surface area contributed by atoms with Crippen molar-refractivity contribution in [1.29, 1.82) is 0 Å². The van der Waals surface area contributed by atoms with E-state index in [1.807, 2.05) is 6.20 Å². The van der Waals surface area contributed by atoms with Crippen LogP contribution in [0.3, 0.4) is 0 Å². The van der Waals surface area contributed by atoms with E-state index in [4.69, 9.17) is 9.72 Å². The summed E-state index contributed by atoms with van der Waals surface area (Å²) in [6.07, 6.45) is 7.29. The maximum atomic E-state index is 5.57. The SMILES string of the molecule is CCNCC1(Cc2ncc(C)c(OC)c2C)CC2CC2C1. The highest BCUT2D eigenvalue weighted by Gasteiger charge is 2.53. The Morgan fingerprint density at radius 2 is 2.05 bits per heavy atom. The highest BCUT2D eigenvalue weighted by atomic mass is 16.5. The first-order chi connectivity index (χ1) is 10.1. The molecule has 116 valence electrons. The second-order valence-electron chi connectivity index (χ2n) is 7.17. The molecule has 0 aromatic carbocycles. The minimum Gasteiger partial charge on any atom is -0.496 e. The van der Waals surface area contributed by atoms with Crippen molar-refractivity contribution < 1.29 is 4.74 Å². The van der Waals surface area contributed by atoms with Crippen LogP contribution in [0.1, 0.15) is 43.0 Å². The normalized spacial score (nSPS) is 30.3. The smallest absolute Gasteiger partial charge is 0.128 e. The molecule has 2 fully saturated rings. The molecule has 0 amide bonds. The minimum absolute atomic E-state index is 0.418. The number of rotatable bonds is 6. The molecule has 1 N–H and O–H groups in total. The number of ether oxygens (including phenoxy) is 1. The van der Waals surface area contributed by atoms with Crippen LogP contribution in [0.2, 0.25) is 0 Å². The van der Waals surface area contributed by atoms with Crippen molar-refractivity contribution in [3.05, 3.63) is 23.0 Å². The number of fused-ring (bicyclic) bond motifs is 1. The summed E-state index contributed by atoms with van der Waals surface area (Å²) < 4.78 is 5.57. The Balaban J connectivity index is 1.83. The Morgan fingerprint density at radius 3 is 2.67 bits per heavy atom.